The quantitative estimate of drug-likeness (QED) is 0.419. The summed E-state index contributed by atoms with van der Waals surface area (Å²) in [5.74, 6) is 0.634. The van der Waals surface area contributed by atoms with E-state index < -0.39 is 12.2 Å². The van der Waals surface area contributed by atoms with Crippen LogP contribution in [0, 0.1) is 0 Å². The number of nitrogens with zero attached hydrogens (tertiary/aromatic N) is 5. The molecule has 11 nitrogen and oxygen atoms in total. The Hall–Kier alpha value is -2.87. The van der Waals surface area contributed by atoms with Gasteiger partial charge in [0.1, 0.15) is 5.75 Å². The fourth-order valence-corrected chi connectivity index (χ4v) is 8.04. The van der Waals surface area contributed by atoms with Crippen molar-refractivity contribution >= 4 is 55.6 Å². The zero-order valence-corrected chi connectivity index (χ0v) is 31.0. The Morgan fingerprint density at radius 1 is 0.854 bits per heavy atom. The Labute approximate surface area is 300 Å². The van der Waals surface area contributed by atoms with Crippen molar-refractivity contribution < 1.29 is 23.9 Å². The average molecular weight is 791 g/mol. The molecular weight excluding hydrogens is 744 g/mol. The van der Waals surface area contributed by atoms with Crippen LogP contribution in [0.4, 0.5) is 15.3 Å². The first-order valence-electron chi connectivity index (χ1n) is 17.0. The van der Waals surface area contributed by atoms with Crippen molar-refractivity contribution in [2.75, 3.05) is 78.4 Å². The van der Waals surface area contributed by atoms with E-state index in [2.05, 4.69) is 54.0 Å². The maximum Gasteiger partial charge on any atom is 0.410 e. The summed E-state index contributed by atoms with van der Waals surface area (Å²) < 4.78 is 13.2. The monoisotopic (exact) mass is 788 g/mol. The van der Waals surface area contributed by atoms with Gasteiger partial charge in [-0.1, -0.05) is 6.07 Å². The number of likely N-dealkylation sites (tertiary alicyclic amines) is 2. The zero-order valence-electron chi connectivity index (χ0n) is 27.8. The van der Waals surface area contributed by atoms with Crippen LogP contribution in [0.15, 0.2) is 45.3 Å². The number of methoxy groups -OCH3 is 1. The maximum absolute atomic E-state index is 14.0. The van der Waals surface area contributed by atoms with E-state index in [-0.39, 0.29) is 18.0 Å². The molecule has 6 rings (SSSR count). The van der Waals surface area contributed by atoms with E-state index in [0.717, 1.165) is 77.0 Å². The van der Waals surface area contributed by atoms with Crippen molar-refractivity contribution in [2.45, 2.75) is 56.7 Å². The number of piperazine rings is 1. The Kier molecular flexibility index (Phi) is 11.5. The Morgan fingerprint density at radius 3 is 2.23 bits per heavy atom. The molecule has 0 bridgehead atoms. The van der Waals surface area contributed by atoms with Crippen molar-refractivity contribution in [3.05, 3.63) is 56.5 Å². The number of rotatable bonds is 7. The predicted octanol–water partition coefficient (Wildman–Crippen LogP) is 5.06. The van der Waals surface area contributed by atoms with E-state index in [1.807, 2.05) is 46.2 Å². The second-order valence-corrected chi connectivity index (χ2v) is 15.0. The average Bonchev–Trinajstić information content (AvgIpc) is 3.27. The predicted molar refractivity (Wildman–Crippen MR) is 192 cm³/mol. The normalized spacial score (nSPS) is 20.9. The van der Waals surface area contributed by atoms with Crippen LogP contribution in [-0.2, 0) is 22.4 Å². The number of fused-ring (bicyclic) bond motifs is 1. The van der Waals surface area contributed by atoms with Gasteiger partial charge in [0.25, 0.3) is 5.91 Å². The van der Waals surface area contributed by atoms with Crippen molar-refractivity contribution in [3.8, 4) is 5.75 Å². The molecule has 0 radical (unpaired) electrons. The second-order valence-electron chi connectivity index (χ2n) is 13.3. The van der Waals surface area contributed by atoms with E-state index >= 15 is 0 Å². The van der Waals surface area contributed by atoms with Crippen LogP contribution in [0.2, 0.25) is 0 Å². The lowest BCUT2D eigenvalue weighted by Gasteiger charge is -2.42. The van der Waals surface area contributed by atoms with Crippen LogP contribution in [0.5, 0.6) is 5.75 Å². The van der Waals surface area contributed by atoms with E-state index in [0.29, 0.717) is 58.0 Å². The summed E-state index contributed by atoms with van der Waals surface area (Å²) in [5.41, 5.74) is 2.76. The Bertz CT molecular complexity index is 1470. The molecule has 4 aliphatic rings. The van der Waals surface area contributed by atoms with Crippen LogP contribution >= 0.6 is 31.9 Å². The van der Waals surface area contributed by atoms with Crippen molar-refractivity contribution in [1.82, 2.24) is 24.5 Å². The number of hydrogen-bond acceptors (Lipinski definition) is 7. The summed E-state index contributed by atoms with van der Waals surface area (Å²) >= 11 is 7.09. The SMILES string of the molecule is COc1ccc2c(c1)CCN(C1CCN(C(=O)OC(Cc3ccc(Br)c(Br)c3)C(=O)N3CCC(N4CCN(C)CC4)CC3)CC1)C(=O)N2. The molecule has 1 N–H and O–H groups in total. The van der Waals surface area contributed by atoms with E-state index in [4.69, 9.17) is 9.47 Å². The molecule has 3 saturated heterocycles. The summed E-state index contributed by atoms with van der Waals surface area (Å²) in [6, 6.07) is 11.9. The highest BCUT2D eigenvalue weighted by molar-refractivity contribution is 9.13. The van der Waals surface area contributed by atoms with Crippen LogP contribution in [0.3, 0.4) is 0 Å². The lowest BCUT2D eigenvalue weighted by molar-refractivity contribution is -0.142. The Morgan fingerprint density at radius 2 is 1.54 bits per heavy atom. The van der Waals surface area contributed by atoms with Gasteiger partial charge in [-0.3, -0.25) is 9.69 Å². The molecule has 4 heterocycles. The molecule has 3 fully saturated rings. The molecule has 13 heteroatoms. The third-order valence-corrected chi connectivity index (χ3v) is 12.2. The molecule has 48 heavy (non-hydrogen) atoms. The number of likely N-dealkylation sites (N-methyl/N-ethyl adjacent to an activating group) is 1. The fraction of sp³-hybridized carbons (Fsp3) is 0.571. The molecule has 1 atom stereocenters. The van der Waals surface area contributed by atoms with Gasteiger partial charge in [0.2, 0.25) is 0 Å². The molecule has 1 unspecified atom stereocenters. The van der Waals surface area contributed by atoms with Gasteiger partial charge in [-0.05, 0) is 112 Å². The maximum atomic E-state index is 14.0. The number of nitrogens with one attached hydrogen (secondary N) is 1. The lowest BCUT2D eigenvalue weighted by Crippen LogP contribution is -2.54. The summed E-state index contributed by atoms with van der Waals surface area (Å²) in [6.45, 7) is 7.10. The minimum atomic E-state index is -0.921. The number of amides is 4. The Balaban J connectivity index is 1.06. The molecule has 0 aliphatic carbocycles. The van der Waals surface area contributed by atoms with E-state index in [9.17, 15) is 14.4 Å². The number of carbonyl (C=O) groups excluding carboxylic acids is 3. The minimum absolute atomic E-state index is 0.00408. The van der Waals surface area contributed by atoms with Crippen molar-refractivity contribution in [1.29, 1.82) is 0 Å². The highest BCUT2D eigenvalue weighted by atomic mass is 79.9. The molecule has 0 aromatic heterocycles. The van der Waals surface area contributed by atoms with E-state index in [1.165, 1.54) is 0 Å². The van der Waals surface area contributed by atoms with Gasteiger partial charge in [0, 0.05) is 92.0 Å². The van der Waals surface area contributed by atoms with Crippen molar-refractivity contribution in [2.24, 2.45) is 0 Å². The number of ether oxygens (including phenoxy) is 2. The first kappa shape index (κ1) is 35.0. The van der Waals surface area contributed by atoms with Crippen LogP contribution in [0.25, 0.3) is 0 Å². The lowest BCUT2D eigenvalue weighted by atomic mass is 10.0. The summed E-state index contributed by atoms with van der Waals surface area (Å²) in [6.07, 6.45) is 2.75. The van der Waals surface area contributed by atoms with Gasteiger partial charge in [0.15, 0.2) is 6.10 Å². The summed E-state index contributed by atoms with van der Waals surface area (Å²) in [5, 5.41) is 3.05. The molecule has 0 spiro atoms. The van der Waals surface area contributed by atoms with Crippen LogP contribution < -0.4 is 10.1 Å². The van der Waals surface area contributed by atoms with Crippen LogP contribution in [0.1, 0.15) is 36.8 Å². The number of halogens is 2. The van der Waals surface area contributed by atoms with Crippen LogP contribution in [-0.4, -0.2) is 134 Å². The van der Waals surface area contributed by atoms with Gasteiger partial charge in [-0.2, -0.15) is 0 Å². The highest BCUT2D eigenvalue weighted by Gasteiger charge is 2.36. The highest BCUT2D eigenvalue weighted by Crippen LogP contribution is 2.29. The summed E-state index contributed by atoms with van der Waals surface area (Å²) in [4.78, 5) is 51.2. The number of urea groups is 1. The molecule has 260 valence electrons. The molecule has 4 aliphatic heterocycles. The fourth-order valence-electron chi connectivity index (χ4n) is 7.36. The number of anilines is 1. The smallest absolute Gasteiger partial charge is 0.410 e. The van der Waals surface area contributed by atoms with Gasteiger partial charge >= 0.3 is 12.1 Å². The first-order chi connectivity index (χ1) is 23.2. The molecule has 0 saturated carbocycles. The number of piperidine rings is 2. The van der Waals surface area contributed by atoms with Crippen molar-refractivity contribution in [3.63, 3.8) is 0 Å². The van der Waals surface area contributed by atoms with Gasteiger partial charge in [0.05, 0.1) is 7.11 Å². The third kappa shape index (κ3) is 8.28. The number of hydrogen-bond donors (Lipinski definition) is 1. The van der Waals surface area contributed by atoms with E-state index in [1.54, 1.807) is 12.0 Å². The first-order valence-corrected chi connectivity index (χ1v) is 18.6. The molecule has 2 aromatic carbocycles. The van der Waals surface area contributed by atoms with Gasteiger partial charge in [-0.25, -0.2) is 9.59 Å². The zero-order chi connectivity index (χ0) is 33.8. The third-order valence-electron chi connectivity index (χ3n) is 10.4. The minimum Gasteiger partial charge on any atom is -0.497 e. The molecule has 2 aromatic rings. The molecule has 4 amide bonds. The van der Waals surface area contributed by atoms with Gasteiger partial charge < -0.3 is 34.4 Å². The summed E-state index contributed by atoms with van der Waals surface area (Å²) in [7, 11) is 3.80. The second kappa shape index (κ2) is 15.8. The molecular formula is C35H46Br2N6O5. The largest absolute Gasteiger partial charge is 0.497 e. The topological polar surface area (TPSA) is 97.9 Å². The van der Waals surface area contributed by atoms with Gasteiger partial charge in [-0.15, -0.1) is 0 Å². The number of benzene rings is 2. The standard InChI is InChI=1S/C35H46Br2N6O5/c1-39-17-19-40(20-18-39)26-8-12-41(13-9-26)33(44)32(22-24-3-5-29(36)30(37)21-24)48-35(46)42-14-10-27(11-15-42)43-16-7-25-23-28(47-2)4-6-31(25)38-34(43)45/h3-6,21,23,26-27,32H,7-20,22H2,1-2H3,(H,38,45). The number of carbonyl (C=O) groups is 3.